The Bertz CT molecular complexity index is 828. The van der Waals surface area contributed by atoms with Gasteiger partial charge < -0.3 is 10.8 Å². The average molecular weight is 310 g/mol. The summed E-state index contributed by atoms with van der Waals surface area (Å²) in [4.78, 5) is 11.2. The highest BCUT2D eigenvalue weighted by atomic mass is 16.4. The number of carboxylic acids is 1. The zero-order valence-corrected chi connectivity index (χ0v) is 12.6. The van der Waals surface area contributed by atoms with E-state index in [1.165, 1.54) is 0 Å². The van der Waals surface area contributed by atoms with Crippen LogP contribution >= 0.6 is 0 Å². The highest BCUT2D eigenvalue weighted by Gasteiger charge is 2.19. The van der Waals surface area contributed by atoms with Gasteiger partial charge >= 0.3 is 5.97 Å². The molecule has 1 aromatic heterocycles. The molecule has 1 atom stereocenters. The minimum Gasteiger partial charge on any atom is -0.481 e. The molecule has 0 aliphatic heterocycles. The van der Waals surface area contributed by atoms with Gasteiger partial charge in [-0.05, 0) is 22.8 Å². The second-order valence-electron chi connectivity index (χ2n) is 5.51. The predicted octanol–water partition coefficient (Wildman–Crippen LogP) is 2.15. The minimum absolute atomic E-state index is 0.0246. The van der Waals surface area contributed by atoms with Crippen LogP contribution in [-0.2, 0) is 17.8 Å². The number of carbonyl (C=O) groups is 1. The highest BCUT2D eigenvalue weighted by molar-refractivity contribution is 5.83. The third-order valence-corrected chi connectivity index (χ3v) is 3.90. The van der Waals surface area contributed by atoms with E-state index in [2.05, 4.69) is 22.4 Å². The van der Waals surface area contributed by atoms with Gasteiger partial charge in [-0.1, -0.05) is 47.7 Å². The first-order valence-corrected chi connectivity index (χ1v) is 7.46. The Balaban J connectivity index is 1.92. The minimum atomic E-state index is -0.866. The summed E-state index contributed by atoms with van der Waals surface area (Å²) in [5, 5.41) is 19.4. The fraction of sp³-hybridized carbons (Fsp3) is 0.235. The SMILES string of the molecule is NCc1cnnn1[C@@H](CC(=O)O)Cc1ccc2ccccc2c1. The van der Waals surface area contributed by atoms with Gasteiger partial charge in [0.1, 0.15) is 0 Å². The van der Waals surface area contributed by atoms with E-state index in [1.807, 2.05) is 30.3 Å². The number of aromatic nitrogens is 3. The number of carboxylic acid groups (broad SMARTS) is 1. The number of aliphatic carboxylic acids is 1. The molecule has 0 saturated heterocycles. The summed E-state index contributed by atoms with van der Waals surface area (Å²) < 4.78 is 1.63. The van der Waals surface area contributed by atoms with Gasteiger partial charge in [-0.3, -0.25) is 4.79 Å². The maximum absolute atomic E-state index is 11.2. The number of nitrogens with two attached hydrogens (primary N) is 1. The van der Waals surface area contributed by atoms with E-state index < -0.39 is 5.97 Å². The fourth-order valence-corrected chi connectivity index (χ4v) is 2.80. The van der Waals surface area contributed by atoms with Crippen molar-refractivity contribution in [3.8, 4) is 0 Å². The third-order valence-electron chi connectivity index (χ3n) is 3.90. The van der Waals surface area contributed by atoms with Crippen LogP contribution in [-0.4, -0.2) is 26.1 Å². The molecule has 3 aromatic rings. The van der Waals surface area contributed by atoms with Gasteiger partial charge in [0.15, 0.2) is 0 Å². The number of hydrogen-bond donors (Lipinski definition) is 2. The van der Waals surface area contributed by atoms with E-state index in [0.29, 0.717) is 6.42 Å². The monoisotopic (exact) mass is 310 g/mol. The van der Waals surface area contributed by atoms with Crippen LogP contribution in [0.3, 0.4) is 0 Å². The molecule has 0 amide bonds. The summed E-state index contributed by atoms with van der Waals surface area (Å²) >= 11 is 0. The molecule has 3 rings (SSSR count). The molecule has 6 heteroatoms. The maximum Gasteiger partial charge on any atom is 0.305 e. The average Bonchev–Trinajstić information content (AvgIpc) is 3.02. The molecular formula is C17H18N4O2. The van der Waals surface area contributed by atoms with E-state index in [4.69, 9.17) is 5.73 Å². The Labute approximate surface area is 133 Å². The quantitative estimate of drug-likeness (QED) is 0.727. The Hall–Kier alpha value is -2.73. The van der Waals surface area contributed by atoms with Crippen molar-refractivity contribution in [1.29, 1.82) is 0 Å². The Morgan fingerprint density at radius 3 is 2.74 bits per heavy atom. The molecule has 0 unspecified atom stereocenters. The summed E-state index contributed by atoms with van der Waals surface area (Å²) in [6.45, 7) is 0.279. The maximum atomic E-state index is 11.2. The zero-order valence-electron chi connectivity index (χ0n) is 12.6. The first-order valence-electron chi connectivity index (χ1n) is 7.46. The van der Waals surface area contributed by atoms with E-state index >= 15 is 0 Å². The smallest absolute Gasteiger partial charge is 0.305 e. The van der Waals surface area contributed by atoms with Crippen LogP contribution in [0.25, 0.3) is 10.8 Å². The fourth-order valence-electron chi connectivity index (χ4n) is 2.80. The molecule has 6 nitrogen and oxygen atoms in total. The van der Waals surface area contributed by atoms with Crippen LogP contribution in [0.2, 0.25) is 0 Å². The van der Waals surface area contributed by atoms with E-state index in [1.54, 1.807) is 10.9 Å². The molecule has 3 N–H and O–H groups in total. The lowest BCUT2D eigenvalue weighted by Gasteiger charge is -2.17. The first kappa shape index (κ1) is 15.2. The van der Waals surface area contributed by atoms with Crippen LogP contribution in [0.4, 0.5) is 0 Å². The van der Waals surface area contributed by atoms with Crippen molar-refractivity contribution >= 4 is 16.7 Å². The summed E-state index contributed by atoms with van der Waals surface area (Å²) in [7, 11) is 0. The highest BCUT2D eigenvalue weighted by Crippen LogP contribution is 2.22. The number of rotatable bonds is 6. The molecule has 23 heavy (non-hydrogen) atoms. The summed E-state index contributed by atoms with van der Waals surface area (Å²) in [5.74, 6) is -0.866. The summed E-state index contributed by atoms with van der Waals surface area (Å²) in [5.41, 5.74) is 7.48. The summed E-state index contributed by atoms with van der Waals surface area (Å²) in [6.07, 6.45) is 2.12. The Kier molecular flexibility index (Phi) is 4.34. The van der Waals surface area contributed by atoms with Crippen LogP contribution in [0.15, 0.2) is 48.7 Å². The third kappa shape index (κ3) is 3.37. The second kappa shape index (κ2) is 6.58. The van der Waals surface area contributed by atoms with Crippen molar-refractivity contribution in [1.82, 2.24) is 15.0 Å². The molecule has 0 saturated carbocycles. The van der Waals surface area contributed by atoms with Gasteiger partial charge in [0.2, 0.25) is 0 Å². The number of hydrogen-bond acceptors (Lipinski definition) is 4. The molecule has 118 valence electrons. The zero-order chi connectivity index (χ0) is 16.2. The lowest BCUT2D eigenvalue weighted by molar-refractivity contribution is -0.138. The topological polar surface area (TPSA) is 94.0 Å². The van der Waals surface area contributed by atoms with Gasteiger partial charge in [-0.25, -0.2) is 4.68 Å². The molecule has 0 aliphatic carbocycles. The Morgan fingerprint density at radius 2 is 2.00 bits per heavy atom. The number of fused-ring (bicyclic) bond motifs is 1. The van der Waals surface area contributed by atoms with Crippen molar-refractivity contribution in [3.05, 3.63) is 59.9 Å². The van der Waals surface area contributed by atoms with Crippen LogP contribution in [0.1, 0.15) is 23.7 Å². The van der Waals surface area contributed by atoms with E-state index in [9.17, 15) is 9.90 Å². The standard InChI is InChI=1S/C17H18N4O2/c18-10-16-11-19-20-21(16)15(9-17(22)23)8-12-5-6-13-3-1-2-4-14(13)7-12/h1-7,11,15H,8-10,18H2,(H,22,23)/t15-/m1/s1. The van der Waals surface area contributed by atoms with Crippen molar-refractivity contribution in [2.75, 3.05) is 0 Å². The normalized spacial score (nSPS) is 12.4. The molecule has 0 spiro atoms. The molecule has 1 heterocycles. The number of benzene rings is 2. The molecule has 0 radical (unpaired) electrons. The van der Waals surface area contributed by atoms with Crippen molar-refractivity contribution in [2.24, 2.45) is 5.73 Å². The van der Waals surface area contributed by atoms with E-state index in [-0.39, 0.29) is 19.0 Å². The largest absolute Gasteiger partial charge is 0.481 e. The lowest BCUT2D eigenvalue weighted by Crippen LogP contribution is -2.21. The van der Waals surface area contributed by atoms with Crippen LogP contribution < -0.4 is 5.73 Å². The van der Waals surface area contributed by atoms with Crippen molar-refractivity contribution < 1.29 is 9.90 Å². The van der Waals surface area contributed by atoms with Gasteiger partial charge in [0, 0.05) is 6.54 Å². The Morgan fingerprint density at radius 1 is 1.22 bits per heavy atom. The molecule has 0 bridgehead atoms. The van der Waals surface area contributed by atoms with Crippen LogP contribution in [0.5, 0.6) is 0 Å². The van der Waals surface area contributed by atoms with Gasteiger partial charge in [0.05, 0.1) is 24.4 Å². The molecular weight excluding hydrogens is 292 g/mol. The van der Waals surface area contributed by atoms with E-state index in [0.717, 1.165) is 22.0 Å². The summed E-state index contributed by atoms with van der Waals surface area (Å²) in [6, 6.07) is 13.9. The number of nitrogens with zero attached hydrogens (tertiary/aromatic N) is 3. The van der Waals surface area contributed by atoms with Crippen molar-refractivity contribution in [2.45, 2.75) is 25.4 Å². The van der Waals surface area contributed by atoms with Gasteiger partial charge in [-0.15, -0.1) is 5.10 Å². The van der Waals surface area contributed by atoms with Crippen molar-refractivity contribution in [3.63, 3.8) is 0 Å². The molecule has 0 fully saturated rings. The van der Waals surface area contributed by atoms with Gasteiger partial charge in [0.25, 0.3) is 0 Å². The second-order valence-corrected chi connectivity index (χ2v) is 5.51. The van der Waals surface area contributed by atoms with Gasteiger partial charge in [-0.2, -0.15) is 0 Å². The van der Waals surface area contributed by atoms with Crippen LogP contribution in [0, 0.1) is 0 Å². The molecule has 0 aliphatic rings. The lowest BCUT2D eigenvalue weighted by atomic mass is 10.00. The predicted molar refractivity (Wildman–Crippen MR) is 86.9 cm³/mol. The molecule has 2 aromatic carbocycles. The first-order chi connectivity index (χ1) is 11.2.